The van der Waals surface area contributed by atoms with Gasteiger partial charge in [-0.05, 0) is 36.1 Å². The molecule has 1 aromatic heterocycles. The molecule has 3 aromatic rings. The van der Waals surface area contributed by atoms with Crippen LogP contribution in [0.4, 0.5) is 5.69 Å². The van der Waals surface area contributed by atoms with Crippen LogP contribution in [0.2, 0.25) is 0 Å². The van der Waals surface area contributed by atoms with Gasteiger partial charge in [0.1, 0.15) is 5.71 Å². The molecule has 2 aromatic carbocycles. The minimum absolute atomic E-state index is 0.0647. The van der Waals surface area contributed by atoms with Crippen LogP contribution in [-0.2, 0) is 4.79 Å². The lowest BCUT2D eigenvalue weighted by molar-refractivity contribution is -0.102. The van der Waals surface area contributed by atoms with Gasteiger partial charge in [-0.2, -0.15) is 5.10 Å². The summed E-state index contributed by atoms with van der Waals surface area (Å²) in [6, 6.07) is 17.6. The zero-order valence-electron chi connectivity index (χ0n) is 15.6. The normalized spacial score (nSPS) is 12.4. The van der Waals surface area contributed by atoms with Crippen LogP contribution in [0.3, 0.4) is 0 Å². The topological polar surface area (TPSA) is 103 Å². The lowest BCUT2D eigenvalue weighted by atomic mass is 10.0. The molecule has 0 spiro atoms. The predicted molar refractivity (Wildman–Crippen MR) is 118 cm³/mol. The summed E-state index contributed by atoms with van der Waals surface area (Å²) < 4.78 is 1.11. The van der Waals surface area contributed by atoms with Crippen molar-refractivity contribution in [3.8, 4) is 0 Å². The van der Waals surface area contributed by atoms with Crippen molar-refractivity contribution in [2.75, 3.05) is 12.4 Å². The Bertz CT molecular complexity index is 1080. The van der Waals surface area contributed by atoms with E-state index in [1.54, 1.807) is 18.4 Å². The summed E-state index contributed by atoms with van der Waals surface area (Å²) in [6.45, 7) is 2.02. The number of aldehydes is 1. The number of hydrogen-bond donors (Lipinski definition) is 4. The van der Waals surface area contributed by atoms with Crippen molar-refractivity contribution in [2.45, 2.75) is 6.92 Å². The molecular formula is C21H21N5OS. The van der Waals surface area contributed by atoms with Gasteiger partial charge in [-0.15, -0.1) is 11.3 Å². The molecule has 0 saturated heterocycles. The monoisotopic (exact) mass is 391 g/mol. The van der Waals surface area contributed by atoms with E-state index in [0.717, 1.165) is 26.2 Å². The standard InChI is InChI=1S/C21H21N5OS/c1-13-15-10-6-7-11-17(15)28-20(13)19(25-14-8-4-3-5-9-14)18(16(22)12-27)21(23)26-24-2/h3-12,22,24-25H,1-2H3,(H2,23,26)/b19-18+,22-16?. The molecule has 0 atom stereocenters. The largest absolute Gasteiger partial charge is 0.382 e. The molecule has 142 valence electrons. The van der Waals surface area contributed by atoms with Crippen molar-refractivity contribution < 1.29 is 4.79 Å². The summed E-state index contributed by atoms with van der Waals surface area (Å²) in [4.78, 5) is 12.4. The number of rotatable bonds is 7. The number of para-hydroxylation sites is 1. The lowest BCUT2D eigenvalue weighted by Crippen LogP contribution is -2.27. The minimum Gasteiger partial charge on any atom is -0.382 e. The Hall–Kier alpha value is -3.45. The maximum Gasteiger partial charge on any atom is 0.168 e. The highest BCUT2D eigenvalue weighted by molar-refractivity contribution is 7.20. The van der Waals surface area contributed by atoms with Gasteiger partial charge in [-0.1, -0.05) is 36.4 Å². The van der Waals surface area contributed by atoms with Crippen LogP contribution in [0, 0.1) is 12.3 Å². The van der Waals surface area contributed by atoms with Crippen LogP contribution in [0.1, 0.15) is 10.4 Å². The molecule has 6 nitrogen and oxygen atoms in total. The first-order chi connectivity index (χ1) is 13.6. The molecule has 0 amide bonds. The third-order valence-electron chi connectivity index (χ3n) is 4.24. The zero-order chi connectivity index (χ0) is 20.1. The molecule has 0 fully saturated rings. The number of carbonyl (C=O) groups excluding carboxylic acids is 1. The van der Waals surface area contributed by atoms with Gasteiger partial charge in [-0.25, -0.2) is 0 Å². The van der Waals surface area contributed by atoms with Crippen LogP contribution in [-0.4, -0.2) is 24.9 Å². The van der Waals surface area contributed by atoms with Crippen molar-refractivity contribution in [1.29, 1.82) is 5.41 Å². The molecule has 5 N–H and O–H groups in total. The summed E-state index contributed by atoms with van der Waals surface area (Å²) in [5.74, 6) is 0.0647. The number of amidine groups is 1. The molecule has 0 saturated carbocycles. The summed E-state index contributed by atoms with van der Waals surface area (Å²) in [6.07, 6.45) is 0.475. The first kappa shape index (κ1) is 19.3. The Morgan fingerprint density at radius 3 is 2.46 bits per heavy atom. The van der Waals surface area contributed by atoms with Crippen LogP contribution in [0.15, 0.2) is 65.3 Å². The number of nitrogens with one attached hydrogen (secondary N) is 3. The SMILES string of the molecule is CN/N=C(N)\C(C(=N)C=O)=C(\Nc1ccccc1)c1sc2ccccc2c1C. The van der Waals surface area contributed by atoms with Crippen molar-refractivity contribution in [1.82, 2.24) is 5.43 Å². The number of hydrazone groups is 1. The molecule has 3 rings (SSSR count). The molecular weight excluding hydrogens is 370 g/mol. The highest BCUT2D eigenvalue weighted by Crippen LogP contribution is 2.37. The third kappa shape index (κ3) is 3.79. The van der Waals surface area contributed by atoms with Crippen molar-refractivity contribution in [2.24, 2.45) is 10.8 Å². The van der Waals surface area contributed by atoms with Crippen LogP contribution in [0.5, 0.6) is 0 Å². The molecule has 0 radical (unpaired) electrons. The number of nitrogens with zero attached hydrogens (tertiary/aromatic N) is 1. The Labute approximate surface area is 167 Å². The summed E-state index contributed by atoms with van der Waals surface area (Å²) >= 11 is 1.58. The fourth-order valence-corrected chi connectivity index (χ4v) is 4.16. The number of anilines is 1. The van der Waals surface area contributed by atoms with Gasteiger partial charge in [0.2, 0.25) is 0 Å². The van der Waals surface area contributed by atoms with E-state index in [1.165, 1.54) is 0 Å². The number of benzene rings is 2. The van der Waals surface area contributed by atoms with E-state index in [0.29, 0.717) is 12.0 Å². The van der Waals surface area contributed by atoms with Crippen molar-refractivity contribution in [3.63, 3.8) is 0 Å². The van der Waals surface area contributed by atoms with E-state index in [-0.39, 0.29) is 17.1 Å². The number of nitrogens with two attached hydrogens (primary N) is 1. The maximum absolute atomic E-state index is 11.5. The minimum atomic E-state index is -0.244. The van der Waals surface area contributed by atoms with Gasteiger partial charge in [0, 0.05) is 17.4 Å². The Morgan fingerprint density at radius 1 is 1.14 bits per heavy atom. The molecule has 0 bridgehead atoms. The molecule has 28 heavy (non-hydrogen) atoms. The zero-order valence-corrected chi connectivity index (χ0v) is 16.4. The van der Waals surface area contributed by atoms with E-state index in [4.69, 9.17) is 11.1 Å². The highest BCUT2D eigenvalue weighted by atomic mass is 32.1. The maximum atomic E-state index is 11.5. The number of aryl methyl sites for hydroxylation is 1. The second-order valence-electron chi connectivity index (χ2n) is 6.05. The fraction of sp³-hybridized carbons (Fsp3) is 0.0952. The Morgan fingerprint density at radius 2 is 1.82 bits per heavy atom. The smallest absolute Gasteiger partial charge is 0.168 e. The third-order valence-corrected chi connectivity index (χ3v) is 5.53. The fourth-order valence-electron chi connectivity index (χ4n) is 2.95. The van der Waals surface area contributed by atoms with Crippen molar-refractivity contribution >= 4 is 50.6 Å². The van der Waals surface area contributed by atoms with E-state index < -0.39 is 0 Å². The van der Waals surface area contributed by atoms with Crippen LogP contribution < -0.4 is 16.5 Å². The number of fused-ring (bicyclic) bond motifs is 1. The lowest BCUT2D eigenvalue weighted by Gasteiger charge is -2.16. The van der Waals surface area contributed by atoms with E-state index >= 15 is 0 Å². The number of carbonyl (C=O) groups is 1. The first-order valence-corrected chi connectivity index (χ1v) is 9.47. The number of thiophene rings is 1. The quantitative estimate of drug-likeness (QED) is 0.213. The summed E-state index contributed by atoms with van der Waals surface area (Å²) in [5.41, 5.74) is 11.2. The number of hydrogen-bond acceptors (Lipinski definition) is 6. The second-order valence-corrected chi connectivity index (χ2v) is 7.10. The van der Waals surface area contributed by atoms with Gasteiger partial charge in [-0.3, -0.25) is 10.2 Å². The highest BCUT2D eigenvalue weighted by Gasteiger charge is 2.22. The van der Waals surface area contributed by atoms with Gasteiger partial charge in [0.25, 0.3) is 0 Å². The van der Waals surface area contributed by atoms with Gasteiger partial charge in [0.05, 0.1) is 16.1 Å². The molecule has 0 unspecified atom stereocenters. The second kappa shape index (κ2) is 8.49. The average molecular weight is 392 g/mol. The van der Waals surface area contributed by atoms with E-state index in [1.807, 2.05) is 55.5 Å². The molecule has 0 aliphatic heterocycles. The van der Waals surface area contributed by atoms with E-state index in [9.17, 15) is 4.79 Å². The summed E-state index contributed by atoms with van der Waals surface area (Å²) in [7, 11) is 1.62. The Balaban J connectivity index is 2.32. The Kier molecular flexibility index (Phi) is 5.86. The van der Waals surface area contributed by atoms with Gasteiger partial charge in [0.15, 0.2) is 12.1 Å². The molecule has 0 aliphatic carbocycles. The average Bonchev–Trinajstić information content (AvgIpc) is 3.05. The molecule has 7 heteroatoms. The summed E-state index contributed by atoms with van der Waals surface area (Å²) in [5, 5.41) is 16.7. The van der Waals surface area contributed by atoms with E-state index in [2.05, 4.69) is 21.9 Å². The molecule has 0 aliphatic rings. The first-order valence-electron chi connectivity index (χ1n) is 8.66. The van der Waals surface area contributed by atoms with Crippen LogP contribution in [0.25, 0.3) is 15.8 Å². The predicted octanol–water partition coefficient (Wildman–Crippen LogP) is 3.74. The molecule has 1 heterocycles. The van der Waals surface area contributed by atoms with Gasteiger partial charge >= 0.3 is 0 Å². The van der Waals surface area contributed by atoms with Gasteiger partial charge < -0.3 is 16.5 Å². The van der Waals surface area contributed by atoms with Crippen LogP contribution >= 0.6 is 11.3 Å². The van der Waals surface area contributed by atoms with Crippen molar-refractivity contribution in [3.05, 3.63) is 70.6 Å².